The summed E-state index contributed by atoms with van der Waals surface area (Å²) in [6, 6.07) is 12.5. The lowest BCUT2D eigenvalue weighted by molar-refractivity contribution is -0.118. The Labute approximate surface area is 214 Å². The van der Waals surface area contributed by atoms with Crippen LogP contribution in [0.2, 0.25) is 0 Å². The number of hydrogen-bond acceptors (Lipinski definition) is 7. The van der Waals surface area contributed by atoms with Gasteiger partial charge < -0.3 is 24.1 Å². The molecule has 0 radical (unpaired) electrons. The number of benzene rings is 2. The molecule has 4 rings (SSSR count). The third-order valence-electron chi connectivity index (χ3n) is 6.35. The maximum Gasteiger partial charge on any atom is 0.418 e. The third kappa shape index (κ3) is 5.61. The monoisotopic (exact) mass is 505 g/mol. The van der Waals surface area contributed by atoms with Gasteiger partial charge in [-0.2, -0.15) is 0 Å². The van der Waals surface area contributed by atoms with Gasteiger partial charge in [-0.1, -0.05) is 0 Å². The maximum absolute atomic E-state index is 13.2. The molecule has 0 aliphatic heterocycles. The van der Waals surface area contributed by atoms with Crippen molar-refractivity contribution in [2.24, 2.45) is 0 Å². The van der Waals surface area contributed by atoms with Crippen molar-refractivity contribution in [3.05, 3.63) is 70.2 Å². The highest BCUT2D eigenvalue weighted by Crippen LogP contribution is 2.28. The van der Waals surface area contributed by atoms with Gasteiger partial charge in [0, 0.05) is 66.9 Å². The lowest BCUT2D eigenvalue weighted by atomic mass is 10.1. The van der Waals surface area contributed by atoms with E-state index in [2.05, 4.69) is 24.1 Å². The van der Waals surface area contributed by atoms with Gasteiger partial charge in [0.2, 0.25) is 5.91 Å². The molecule has 4 aromatic rings. The van der Waals surface area contributed by atoms with Crippen molar-refractivity contribution in [1.82, 2.24) is 9.88 Å². The van der Waals surface area contributed by atoms with Crippen LogP contribution in [0.15, 0.2) is 57.9 Å². The number of nitrogens with one attached hydrogen (secondary N) is 1. The van der Waals surface area contributed by atoms with Crippen LogP contribution in [0.1, 0.15) is 31.9 Å². The number of methoxy groups -OCH3 is 1. The van der Waals surface area contributed by atoms with Gasteiger partial charge in [0.1, 0.15) is 17.9 Å². The summed E-state index contributed by atoms with van der Waals surface area (Å²) in [7, 11) is 1.58. The molecule has 2 heterocycles. The zero-order valence-corrected chi connectivity index (χ0v) is 21.5. The van der Waals surface area contributed by atoms with E-state index in [0.717, 1.165) is 29.7 Å². The van der Waals surface area contributed by atoms with Crippen LogP contribution in [-0.2, 0) is 22.6 Å². The van der Waals surface area contributed by atoms with E-state index >= 15 is 0 Å². The molecule has 1 amide bonds. The molecule has 0 fully saturated rings. The average Bonchev–Trinajstić information content (AvgIpc) is 3.25. The highest BCUT2D eigenvalue weighted by molar-refractivity contribution is 5.93. The molecule has 0 bridgehead atoms. The Bertz CT molecular complexity index is 1500. The smallest absolute Gasteiger partial charge is 0.418 e. The van der Waals surface area contributed by atoms with E-state index in [1.165, 1.54) is 17.6 Å². The molecule has 194 valence electrons. The van der Waals surface area contributed by atoms with Crippen LogP contribution in [0.4, 0.5) is 10.5 Å². The number of nitrogens with zero attached hydrogens (tertiary/aromatic N) is 2. The van der Waals surface area contributed by atoms with E-state index in [9.17, 15) is 14.4 Å². The van der Waals surface area contributed by atoms with E-state index in [1.54, 1.807) is 25.4 Å². The van der Waals surface area contributed by atoms with Gasteiger partial charge in [-0.15, -0.1) is 0 Å². The van der Waals surface area contributed by atoms with Gasteiger partial charge in [-0.05, 0) is 56.2 Å². The molecule has 9 nitrogen and oxygen atoms in total. The number of fused-ring (bicyclic) bond motifs is 2. The normalized spacial score (nSPS) is 11.0. The van der Waals surface area contributed by atoms with Crippen molar-refractivity contribution in [3.63, 3.8) is 0 Å². The van der Waals surface area contributed by atoms with Crippen LogP contribution >= 0.6 is 0 Å². The summed E-state index contributed by atoms with van der Waals surface area (Å²) < 4.78 is 17.9. The molecule has 0 saturated carbocycles. The van der Waals surface area contributed by atoms with Crippen molar-refractivity contribution in [1.29, 1.82) is 0 Å². The highest BCUT2D eigenvalue weighted by Gasteiger charge is 2.17. The van der Waals surface area contributed by atoms with Crippen LogP contribution < -0.4 is 20.6 Å². The maximum atomic E-state index is 13.2. The molecular formula is C28H31N3O6. The molecular weight excluding hydrogens is 474 g/mol. The van der Waals surface area contributed by atoms with Crippen molar-refractivity contribution >= 4 is 39.6 Å². The standard InChI is InChI=1S/C28H31N3O6/c1-5-30(6-2)21-7-9-23-20(13-27(33)37-26(23)14-21)17-36-28(34)31-16-19(11-12-29-18(3)32)24-15-22(35-4)8-10-25(24)31/h7-10,13-16H,5-6,11-12,17H2,1-4H3,(H,29,32). The molecule has 0 atom stereocenters. The summed E-state index contributed by atoms with van der Waals surface area (Å²) >= 11 is 0. The second kappa shape index (κ2) is 11.2. The minimum Gasteiger partial charge on any atom is -0.497 e. The Morgan fingerprint density at radius 1 is 1.03 bits per heavy atom. The fourth-order valence-electron chi connectivity index (χ4n) is 4.46. The molecule has 0 aliphatic carbocycles. The zero-order valence-electron chi connectivity index (χ0n) is 21.5. The molecule has 37 heavy (non-hydrogen) atoms. The number of aromatic nitrogens is 1. The third-order valence-corrected chi connectivity index (χ3v) is 6.35. The Morgan fingerprint density at radius 3 is 2.51 bits per heavy atom. The van der Waals surface area contributed by atoms with Gasteiger partial charge >= 0.3 is 11.7 Å². The summed E-state index contributed by atoms with van der Waals surface area (Å²) in [5.74, 6) is 0.537. The van der Waals surface area contributed by atoms with Gasteiger partial charge in [0.05, 0.1) is 12.6 Å². The Hall–Kier alpha value is -4.27. The van der Waals surface area contributed by atoms with Gasteiger partial charge in [-0.25, -0.2) is 9.59 Å². The van der Waals surface area contributed by atoms with Crippen LogP contribution in [0, 0.1) is 0 Å². The Kier molecular flexibility index (Phi) is 7.81. The van der Waals surface area contributed by atoms with Crippen LogP contribution in [0.5, 0.6) is 5.75 Å². The van der Waals surface area contributed by atoms with E-state index < -0.39 is 11.7 Å². The number of carbonyl (C=O) groups is 2. The number of hydrogen-bond donors (Lipinski definition) is 1. The lowest BCUT2D eigenvalue weighted by Gasteiger charge is -2.21. The molecule has 0 aliphatic rings. The molecule has 1 N–H and O–H groups in total. The van der Waals surface area contributed by atoms with Crippen molar-refractivity contribution in [3.8, 4) is 5.75 Å². The number of ether oxygens (including phenoxy) is 2. The average molecular weight is 506 g/mol. The highest BCUT2D eigenvalue weighted by atomic mass is 16.5. The zero-order chi connectivity index (χ0) is 26.5. The first kappa shape index (κ1) is 25.8. The summed E-state index contributed by atoms with van der Waals surface area (Å²) in [5, 5.41) is 4.32. The Morgan fingerprint density at radius 2 is 1.81 bits per heavy atom. The summed E-state index contributed by atoms with van der Waals surface area (Å²) in [6.07, 6.45) is 1.66. The second-order valence-corrected chi connectivity index (χ2v) is 8.64. The van der Waals surface area contributed by atoms with Crippen LogP contribution in [0.25, 0.3) is 21.9 Å². The molecule has 0 spiro atoms. The predicted octanol–water partition coefficient (Wildman–Crippen LogP) is 4.47. The quantitative estimate of drug-likeness (QED) is 0.335. The SMILES string of the molecule is CCN(CC)c1ccc2c(COC(=O)n3cc(CCNC(C)=O)c4cc(OC)ccc43)cc(=O)oc2c1. The molecule has 0 saturated heterocycles. The molecule has 0 unspecified atom stereocenters. The fourth-order valence-corrected chi connectivity index (χ4v) is 4.46. The molecule has 9 heteroatoms. The molecule has 2 aromatic heterocycles. The van der Waals surface area contributed by atoms with Crippen molar-refractivity contribution in [2.75, 3.05) is 31.6 Å². The predicted molar refractivity (Wildman–Crippen MR) is 143 cm³/mol. The number of rotatable bonds is 9. The van der Waals surface area contributed by atoms with Crippen LogP contribution in [0.3, 0.4) is 0 Å². The summed E-state index contributed by atoms with van der Waals surface area (Å²) in [4.78, 5) is 38.9. The minimum absolute atomic E-state index is 0.0946. The van der Waals surface area contributed by atoms with Crippen LogP contribution in [-0.4, -0.2) is 43.3 Å². The summed E-state index contributed by atoms with van der Waals surface area (Å²) in [5.41, 5.74) is 2.99. The number of anilines is 1. The van der Waals surface area contributed by atoms with Gasteiger partial charge in [-0.3, -0.25) is 9.36 Å². The van der Waals surface area contributed by atoms with E-state index in [4.69, 9.17) is 13.9 Å². The largest absolute Gasteiger partial charge is 0.497 e. The van der Waals surface area contributed by atoms with E-state index in [-0.39, 0.29) is 12.5 Å². The lowest BCUT2D eigenvalue weighted by Crippen LogP contribution is -2.22. The number of amides is 1. The van der Waals surface area contributed by atoms with Gasteiger partial charge in [0.25, 0.3) is 0 Å². The summed E-state index contributed by atoms with van der Waals surface area (Å²) in [6.45, 7) is 7.57. The van der Waals surface area contributed by atoms with Gasteiger partial charge in [0.15, 0.2) is 0 Å². The topological polar surface area (TPSA) is 103 Å². The number of carbonyl (C=O) groups excluding carboxylic acids is 2. The fraction of sp³-hybridized carbons (Fsp3) is 0.321. The van der Waals surface area contributed by atoms with Crippen molar-refractivity contribution < 1.29 is 23.5 Å². The van der Waals surface area contributed by atoms with E-state index in [0.29, 0.717) is 40.8 Å². The van der Waals surface area contributed by atoms with Crippen molar-refractivity contribution in [2.45, 2.75) is 33.8 Å². The molecule has 2 aromatic carbocycles. The first-order valence-electron chi connectivity index (χ1n) is 12.3. The Balaban J connectivity index is 1.61. The minimum atomic E-state index is -0.581. The second-order valence-electron chi connectivity index (χ2n) is 8.64. The van der Waals surface area contributed by atoms with E-state index in [1.807, 2.05) is 24.3 Å². The first-order valence-corrected chi connectivity index (χ1v) is 12.3. The first-order chi connectivity index (χ1) is 17.8.